The number of carbonyl (C=O) groups is 2. The molecular weight excluding hydrogens is 292 g/mol. The maximum atomic E-state index is 11.4. The largest absolute Gasteiger partial charge is 0.480 e. The fourth-order valence-corrected chi connectivity index (χ4v) is 2.07. The first-order chi connectivity index (χ1) is 10.4. The number of nitrogens with one attached hydrogen (secondary N) is 1. The molecule has 0 saturated carbocycles. The fraction of sp³-hybridized carbons (Fsp3) is 0.214. The Hall–Kier alpha value is -2.71. The van der Waals surface area contributed by atoms with Crippen molar-refractivity contribution in [2.24, 2.45) is 5.41 Å². The molecule has 1 aromatic rings. The number of aromatic nitrogens is 1. The molecule has 1 aliphatic heterocycles. The molecule has 0 unspecified atom stereocenters. The van der Waals surface area contributed by atoms with E-state index in [2.05, 4.69) is 10.3 Å². The number of aliphatic hydroxyl groups is 2. The van der Waals surface area contributed by atoms with Crippen molar-refractivity contribution in [3.05, 3.63) is 47.4 Å². The van der Waals surface area contributed by atoms with Crippen LogP contribution in [0.5, 0.6) is 0 Å². The summed E-state index contributed by atoms with van der Waals surface area (Å²) < 4.78 is 0. The third kappa shape index (κ3) is 2.69. The fourth-order valence-electron chi connectivity index (χ4n) is 2.07. The summed E-state index contributed by atoms with van der Waals surface area (Å²) in [7, 11) is 0. The lowest BCUT2D eigenvalue weighted by Crippen LogP contribution is -2.40. The number of nitrogens with zero attached hydrogens (tertiary/aromatic N) is 1. The molecule has 0 atom stereocenters. The molecule has 0 radical (unpaired) electrons. The molecule has 0 fully saturated rings. The van der Waals surface area contributed by atoms with Gasteiger partial charge in [-0.1, -0.05) is 6.07 Å². The van der Waals surface area contributed by atoms with Crippen molar-refractivity contribution in [3.8, 4) is 0 Å². The molecule has 1 aromatic heterocycles. The molecular formula is C14H14N2O6. The van der Waals surface area contributed by atoms with Crippen molar-refractivity contribution < 1.29 is 30.0 Å². The number of rotatable bonds is 5. The van der Waals surface area contributed by atoms with Gasteiger partial charge < -0.3 is 25.7 Å². The molecule has 0 bridgehead atoms. The summed E-state index contributed by atoms with van der Waals surface area (Å²) in [6.45, 7) is -0.869. The number of aliphatic carboxylic acids is 2. The topological polar surface area (TPSA) is 140 Å². The Morgan fingerprint density at radius 2 is 1.77 bits per heavy atom. The molecule has 0 amide bonds. The maximum Gasteiger partial charge on any atom is 0.329 e. The van der Waals surface area contributed by atoms with E-state index < -0.39 is 24.0 Å². The Morgan fingerprint density at radius 3 is 2.32 bits per heavy atom. The van der Waals surface area contributed by atoms with Gasteiger partial charge in [0.1, 0.15) is 0 Å². The van der Waals surface area contributed by atoms with Crippen LogP contribution in [0.3, 0.4) is 0 Å². The zero-order valence-electron chi connectivity index (χ0n) is 11.4. The third-order valence-corrected chi connectivity index (χ3v) is 3.19. The normalized spacial score (nSPS) is 16.3. The zero-order chi connectivity index (χ0) is 16.3. The maximum absolute atomic E-state index is 11.4. The smallest absolute Gasteiger partial charge is 0.329 e. The molecule has 1 aliphatic rings. The lowest BCUT2D eigenvalue weighted by molar-refractivity contribution is -0.157. The molecule has 0 saturated heterocycles. The monoisotopic (exact) mass is 306 g/mol. The number of carboxylic acids is 2. The van der Waals surface area contributed by atoms with E-state index >= 15 is 0 Å². The molecule has 2 rings (SSSR count). The van der Waals surface area contributed by atoms with Gasteiger partial charge in [0.15, 0.2) is 0 Å². The zero-order valence-corrected chi connectivity index (χ0v) is 11.4. The van der Waals surface area contributed by atoms with Crippen LogP contribution in [-0.4, -0.2) is 44.0 Å². The number of hydrogen-bond donors (Lipinski definition) is 5. The van der Waals surface area contributed by atoms with E-state index in [-0.39, 0.29) is 23.7 Å². The van der Waals surface area contributed by atoms with Crippen LogP contribution in [0.25, 0.3) is 5.70 Å². The standard InChI is InChI=1S/C14H14N2O6/c17-6-8-2-1-3-10(15-8)11-5-14(12(19)20,13(21)22)4-9(7-18)16-11/h1-5,16-18H,6-7H2,(H,19,20)(H,21,22). The van der Waals surface area contributed by atoms with E-state index in [1.165, 1.54) is 6.07 Å². The van der Waals surface area contributed by atoms with Crippen LogP contribution in [-0.2, 0) is 16.2 Å². The number of carboxylic acid groups (broad SMARTS) is 2. The molecule has 0 spiro atoms. The summed E-state index contributed by atoms with van der Waals surface area (Å²) in [5.74, 6) is -3.16. The number of aliphatic hydroxyl groups excluding tert-OH is 2. The summed E-state index contributed by atoms with van der Waals surface area (Å²) in [6, 6.07) is 4.70. The average Bonchev–Trinajstić information content (AvgIpc) is 2.53. The summed E-state index contributed by atoms with van der Waals surface area (Å²) in [4.78, 5) is 27.0. The predicted molar refractivity (Wildman–Crippen MR) is 74.1 cm³/mol. The molecule has 2 heterocycles. The van der Waals surface area contributed by atoms with Crippen LogP contribution in [0, 0.1) is 5.41 Å². The number of hydrogen-bond acceptors (Lipinski definition) is 6. The van der Waals surface area contributed by atoms with Gasteiger partial charge in [0.2, 0.25) is 5.41 Å². The third-order valence-electron chi connectivity index (χ3n) is 3.19. The van der Waals surface area contributed by atoms with Crippen molar-refractivity contribution >= 4 is 17.6 Å². The lowest BCUT2D eigenvalue weighted by atomic mass is 9.83. The Labute approximate surface area is 125 Å². The number of pyridine rings is 1. The molecule has 116 valence electrons. The first kappa shape index (κ1) is 15.7. The summed E-state index contributed by atoms with van der Waals surface area (Å²) in [5, 5.41) is 39.7. The number of dihydropyridines is 1. The summed E-state index contributed by atoms with van der Waals surface area (Å²) in [5.41, 5.74) is -1.52. The van der Waals surface area contributed by atoms with E-state index in [9.17, 15) is 24.9 Å². The van der Waals surface area contributed by atoms with Gasteiger partial charge in [-0.2, -0.15) is 0 Å². The van der Waals surface area contributed by atoms with Gasteiger partial charge in [0.25, 0.3) is 0 Å². The van der Waals surface area contributed by atoms with Crippen molar-refractivity contribution in [2.75, 3.05) is 6.61 Å². The van der Waals surface area contributed by atoms with Gasteiger partial charge in [-0.25, -0.2) is 4.98 Å². The highest BCUT2D eigenvalue weighted by molar-refractivity contribution is 6.05. The van der Waals surface area contributed by atoms with Gasteiger partial charge in [0, 0.05) is 5.70 Å². The molecule has 0 aliphatic carbocycles. The Balaban J connectivity index is 2.58. The van der Waals surface area contributed by atoms with Gasteiger partial charge in [0.05, 0.1) is 30.3 Å². The van der Waals surface area contributed by atoms with E-state index in [1.807, 2.05) is 0 Å². The second kappa shape index (κ2) is 5.96. The second-order valence-corrected chi connectivity index (χ2v) is 4.66. The van der Waals surface area contributed by atoms with Gasteiger partial charge in [-0.3, -0.25) is 9.59 Å². The van der Waals surface area contributed by atoms with Crippen molar-refractivity contribution in [2.45, 2.75) is 6.61 Å². The average molecular weight is 306 g/mol. The first-order valence-corrected chi connectivity index (χ1v) is 6.29. The van der Waals surface area contributed by atoms with Crippen LogP contribution in [0.2, 0.25) is 0 Å². The van der Waals surface area contributed by atoms with Crippen molar-refractivity contribution in [1.29, 1.82) is 0 Å². The molecule has 8 nitrogen and oxygen atoms in total. The quantitative estimate of drug-likeness (QED) is 0.461. The Kier molecular flexibility index (Phi) is 4.25. The van der Waals surface area contributed by atoms with Gasteiger partial charge in [-0.05, 0) is 24.3 Å². The Bertz CT molecular complexity index is 666. The highest BCUT2D eigenvalue weighted by Gasteiger charge is 2.45. The minimum atomic E-state index is -2.30. The minimum absolute atomic E-state index is 0.0403. The van der Waals surface area contributed by atoms with Crippen LogP contribution < -0.4 is 5.32 Å². The summed E-state index contributed by atoms with van der Waals surface area (Å²) in [6.07, 6.45) is 1.96. The first-order valence-electron chi connectivity index (χ1n) is 6.29. The lowest BCUT2D eigenvalue weighted by Gasteiger charge is -2.26. The molecule has 0 aromatic carbocycles. The molecule has 22 heavy (non-hydrogen) atoms. The van der Waals surface area contributed by atoms with Crippen LogP contribution in [0.15, 0.2) is 36.0 Å². The highest BCUT2D eigenvalue weighted by atomic mass is 16.4. The highest BCUT2D eigenvalue weighted by Crippen LogP contribution is 2.31. The van der Waals surface area contributed by atoms with Crippen LogP contribution >= 0.6 is 0 Å². The van der Waals surface area contributed by atoms with E-state index in [0.29, 0.717) is 5.69 Å². The van der Waals surface area contributed by atoms with Gasteiger partial charge in [-0.15, -0.1) is 0 Å². The summed E-state index contributed by atoms with van der Waals surface area (Å²) >= 11 is 0. The SMILES string of the molecule is O=C(O)C1(C(=O)O)C=C(CO)NC(c2cccc(CO)n2)=C1. The Morgan fingerprint density at radius 1 is 1.09 bits per heavy atom. The minimum Gasteiger partial charge on any atom is -0.480 e. The molecule has 5 N–H and O–H groups in total. The predicted octanol–water partition coefficient (Wildman–Crippen LogP) is -0.450. The van der Waals surface area contributed by atoms with Crippen molar-refractivity contribution in [1.82, 2.24) is 10.3 Å². The van der Waals surface area contributed by atoms with E-state index in [0.717, 1.165) is 12.2 Å². The van der Waals surface area contributed by atoms with E-state index in [1.54, 1.807) is 12.1 Å². The van der Waals surface area contributed by atoms with E-state index in [4.69, 9.17) is 5.11 Å². The van der Waals surface area contributed by atoms with Gasteiger partial charge >= 0.3 is 11.9 Å². The van der Waals surface area contributed by atoms with Crippen LogP contribution in [0.4, 0.5) is 0 Å². The molecule has 8 heteroatoms. The van der Waals surface area contributed by atoms with Crippen LogP contribution in [0.1, 0.15) is 11.4 Å². The van der Waals surface area contributed by atoms with Crippen molar-refractivity contribution in [3.63, 3.8) is 0 Å². The second-order valence-electron chi connectivity index (χ2n) is 4.66.